The average Bonchev–Trinajstić information content (AvgIpc) is 2.40. The van der Waals surface area contributed by atoms with E-state index >= 15 is 0 Å². The van der Waals surface area contributed by atoms with Gasteiger partial charge in [0, 0.05) is 10.8 Å². The molecule has 1 saturated carbocycles. The molecule has 1 atom stereocenters. The number of carbonyl (C=O) groups excluding carboxylic acids is 1. The summed E-state index contributed by atoms with van der Waals surface area (Å²) in [7, 11) is 0. The van der Waals surface area contributed by atoms with E-state index in [0.29, 0.717) is 11.7 Å². The van der Waals surface area contributed by atoms with Gasteiger partial charge >= 0.3 is 0 Å². The van der Waals surface area contributed by atoms with Gasteiger partial charge in [-0.05, 0) is 17.9 Å². The highest BCUT2D eigenvalue weighted by molar-refractivity contribution is 5.92. The second-order valence-corrected chi connectivity index (χ2v) is 6.10. The standard InChI is InChI=1S/C15H20O/c1-14(2)10-12(15(3,4)13(14)16)11-8-6-5-7-9-11/h5-9,12H,10H2,1-4H3/t12-/m0/s1. The van der Waals surface area contributed by atoms with Crippen molar-refractivity contribution in [2.24, 2.45) is 10.8 Å². The molecule has 86 valence electrons. The molecule has 0 unspecified atom stereocenters. The molecule has 0 radical (unpaired) electrons. The monoisotopic (exact) mass is 216 g/mol. The Balaban J connectivity index is 2.42. The van der Waals surface area contributed by atoms with Gasteiger partial charge in [-0.15, -0.1) is 0 Å². The van der Waals surface area contributed by atoms with Gasteiger partial charge in [0.25, 0.3) is 0 Å². The summed E-state index contributed by atoms with van der Waals surface area (Å²) >= 11 is 0. The zero-order valence-corrected chi connectivity index (χ0v) is 10.6. The lowest BCUT2D eigenvalue weighted by molar-refractivity contribution is -0.131. The van der Waals surface area contributed by atoms with Gasteiger partial charge in [-0.3, -0.25) is 4.79 Å². The smallest absolute Gasteiger partial charge is 0.144 e. The Morgan fingerprint density at radius 3 is 2.06 bits per heavy atom. The molecule has 1 aromatic carbocycles. The third-order valence-electron chi connectivity index (χ3n) is 3.99. The maximum atomic E-state index is 12.3. The van der Waals surface area contributed by atoms with Crippen LogP contribution in [-0.2, 0) is 4.79 Å². The lowest BCUT2D eigenvalue weighted by atomic mass is 9.77. The lowest BCUT2D eigenvalue weighted by Gasteiger charge is -2.25. The zero-order valence-electron chi connectivity index (χ0n) is 10.6. The fourth-order valence-electron chi connectivity index (χ4n) is 3.11. The topological polar surface area (TPSA) is 17.1 Å². The number of Topliss-reactive ketones (excluding diaryl/α,β-unsaturated/α-hetero) is 1. The largest absolute Gasteiger partial charge is 0.298 e. The predicted octanol–water partition coefficient (Wildman–Crippen LogP) is 3.80. The van der Waals surface area contributed by atoms with Crippen molar-refractivity contribution in [3.05, 3.63) is 35.9 Å². The molecule has 1 heteroatoms. The summed E-state index contributed by atoms with van der Waals surface area (Å²) in [5.74, 6) is 0.755. The second-order valence-electron chi connectivity index (χ2n) is 6.10. The number of carbonyl (C=O) groups is 1. The van der Waals surface area contributed by atoms with Crippen molar-refractivity contribution >= 4 is 5.78 Å². The number of rotatable bonds is 1. The van der Waals surface area contributed by atoms with E-state index in [4.69, 9.17) is 0 Å². The van der Waals surface area contributed by atoms with Crippen LogP contribution in [0.3, 0.4) is 0 Å². The van der Waals surface area contributed by atoms with Crippen molar-refractivity contribution in [3.8, 4) is 0 Å². The molecule has 0 saturated heterocycles. The Morgan fingerprint density at radius 1 is 1.06 bits per heavy atom. The van der Waals surface area contributed by atoms with Crippen molar-refractivity contribution < 1.29 is 4.79 Å². The second kappa shape index (κ2) is 3.44. The first-order chi connectivity index (χ1) is 7.36. The molecule has 0 N–H and O–H groups in total. The van der Waals surface area contributed by atoms with Crippen molar-refractivity contribution in [3.63, 3.8) is 0 Å². The summed E-state index contributed by atoms with van der Waals surface area (Å²) in [5, 5.41) is 0. The number of benzene rings is 1. The molecule has 1 fully saturated rings. The molecule has 0 spiro atoms. The summed E-state index contributed by atoms with van der Waals surface area (Å²) in [4.78, 5) is 12.3. The van der Waals surface area contributed by atoms with Gasteiger partial charge in [0.2, 0.25) is 0 Å². The molecule has 2 rings (SSSR count). The highest BCUT2D eigenvalue weighted by Crippen LogP contribution is 2.54. The Morgan fingerprint density at radius 2 is 1.62 bits per heavy atom. The highest BCUT2D eigenvalue weighted by atomic mass is 16.1. The molecule has 0 aromatic heterocycles. The minimum absolute atomic E-state index is 0.177. The van der Waals surface area contributed by atoms with Gasteiger partial charge in [-0.25, -0.2) is 0 Å². The van der Waals surface area contributed by atoms with E-state index < -0.39 is 0 Å². The van der Waals surface area contributed by atoms with Gasteiger partial charge in [-0.2, -0.15) is 0 Å². The summed E-state index contributed by atoms with van der Waals surface area (Å²) in [5.41, 5.74) is 0.890. The Labute approximate surface area is 97.9 Å². The summed E-state index contributed by atoms with van der Waals surface area (Å²) in [6, 6.07) is 10.4. The number of ketones is 1. The predicted molar refractivity (Wildman–Crippen MR) is 66.4 cm³/mol. The molecule has 0 amide bonds. The first-order valence-corrected chi connectivity index (χ1v) is 5.95. The van der Waals surface area contributed by atoms with Crippen LogP contribution in [0.4, 0.5) is 0 Å². The van der Waals surface area contributed by atoms with Gasteiger partial charge in [0.15, 0.2) is 0 Å². The van der Waals surface area contributed by atoms with Crippen LogP contribution in [0.5, 0.6) is 0 Å². The van der Waals surface area contributed by atoms with E-state index in [0.717, 1.165) is 6.42 Å². The Hall–Kier alpha value is -1.11. The van der Waals surface area contributed by atoms with Crippen LogP contribution < -0.4 is 0 Å². The van der Waals surface area contributed by atoms with Crippen LogP contribution in [0.1, 0.15) is 45.6 Å². The minimum Gasteiger partial charge on any atom is -0.298 e. The fourth-order valence-corrected chi connectivity index (χ4v) is 3.11. The zero-order chi connectivity index (χ0) is 12.0. The third-order valence-corrected chi connectivity index (χ3v) is 3.99. The highest BCUT2D eigenvalue weighted by Gasteiger charge is 2.52. The number of hydrogen-bond acceptors (Lipinski definition) is 1. The maximum absolute atomic E-state index is 12.3. The maximum Gasteiger partial charge on any atom is 0.144 e. The third kappa shape index (κ3) is 1.59. The first-order valence-electron chi connectivity index (χ1n) is 5.95. The van der Waals surface area contributed by atoms with E-state index in [1.165, 1.54) is 5.56 Å². The van der Waals surface area contributed by atoms with Crippen LogP contribution >= 0.6 is 0 Å². The van der Waals surface area contributed by atoms with Crippen molar-refractivity contribution in [2.75, 3.05) is 0 Å². The molecule has 1 aliphatic carbocycles. The van der Waals surface area contributed by atoms with E-state index in [1.54, 1.807) is 0 Å². The molecule has 1 nitrogen and oxygen atoms in total. The van der Waals surface area contributed by atoms with Crippen molar-refractivity contribution in [1.29, 1.82) is 0 Å². The number of hydrogen-bond donors (Lipinski definition) is 0. The van der Waals surface area contributed by atoms with Crippen LogP contribution in [-0.4, -0.2) is 5.78 Å². The minimum atomic E-state index is -0.231. The van der Waals surface area contributed by atoms with E-state index in [1.807, 2.05) is 6.07 Å². The molecule has 0 bridgehead atoms. The summed E-state index contributed by atoms with van der Waals surface area (Å²) in [6.45, 7) is 8.31. The normalized spacial score (nSPS) is 27.0. The SMILES string of the molecule is CC1(C)C[C@@H](c2ccccc2)C(C)(C)C1=O. The molecular weight excluding hydrogens is 196 g/mol. The summed E-state index contributed by atoms with van der Waals surface area (Å²) in [6.07, 6.45) is 0.961. The summed E-state index contributed by atoms with van der Waals surface area (Å²) < 4.78 is 0. The average molecular weight is 216 g/mol. The quantitative estimate of drug-likeness (QED) is 0.698. The molecule has 1 aliphatic rings. The molecule has 1 aromatic rings. The van der Waals surface area contributed by atoms with Crippen LogP contribution in [0.2, 0.25) is 0 Å². The lowest BCUT2D eigenvalue weighted by Crippen LogP contribution is -2.29. The van der Waals surface area contributed by atoms with Crippen LogP contribution in [0, 0.1) is 10.8 Å². The van der Waals surface area contributed by atoms with Crippen molar-refractivity contribution in [2.45, 2.75) is 40.0 Å². The Bertz CT molecular complexity index is 401. The Kier molecular flexibility index (Phi) is 2.45. The van der Waals surface area contributed by atoms with Crippen molar-refractivity contribution in [1.82, 2.24) is 0 Å². The van der Waals surface area contributed by atoms with E-state index in [-0.39, 0.29) is 10.8 Å². The first kappa shape index (κ1) is 11.4. The molecule has 0 heterocycles. The van der Waals surface area contributed by atoms with E-state index in [9.17, 15) is 4.79 Å². The molecular formula is C15H20O. The fraction of sp³-hybridized carbons (Fsp3) is 0.533. The van der Waals surface area contributed by atoms with E-state index in [2.05, 4.69) is 52.0 Å². The van der Waals surface area contributed by atoms with Gasteiger partial charge in [0.05, 0.1) is 0 Å². The van der Waals surface area contributed by atoms with Gasteiger partial charge in [0.1, 0.15) is 5.78 Å². The molecule has 0 aliphatic heterocycles. The van der Waals surface area contributed by atoms with Crippen LogP contribution in [0.25, 0.3) is 0 Å². The van der Waals surface area contributed by atoms with Gasteiger partial charge in [-0.1, -0.05) is 58.0 Å². The molecule has 16 heavy (non-hydrogen) atoms. The van der Waals surface area contributed by atoms with Crippen LogP contribution in [0.15, 0.2) is 30.3 Å². The van der Waals surface area contributed by atoms with Gasteiger partial charge < -0.3 is 0 Å².